The third kappa shape index (κ3) is 4.94. The van der Waals surface area contributed by atoms with Crippen molar-refractivity contribution in [1.29, 1.82) is 0 Å². The van der Waals surface area contributed by atoms with Crippen molar-refractivity contribution in [2.45, 2.75) is 6.92 Å². The van der Waals surface area contributed by atoms with Crippen LogP contribution in [-0.2, 0) is 4.79 Å². The van der Waals surface area contributed by atoms with Gasteiger partial charge in [-0.3, -0.25) is 20.2 Å². The minimum Gasteiger partial charge on any atom is -0.494 e. The van der Waals surface area contributed by atoms with Crippen LogP contribution in [0.3, 0.4) is 0 Å². The van der Waals surface area contributed by atoms with Gasteiger partial charge in [-0.05, 0) is 36.5 Å². The van der Waals surface area contributed by atoms with Gasteiger partial charge in [-0.1, -0.05) is 23.2 Å². The highest BCUT2D eigenvalue weighted by Crippen LogP contribution is 2.33. The summed E-state index contributed by atoms with van der Waals surface area (Å²) in [5.41, 5.74) is 1.74. The first-order valence-electron chi connectivity index (χ1n) is 8.10. The Labute approximate surface area is 180 Å². The van der Waals surface area contributed by atoms with Crippen LogP contribution in [-0.4, -0.2) is 29.0 Å². The average Bonchev–Trinajstić information content (AvgIpc) is 3.02. The van der Waals surface area contributed by atoms with E-state index in [9.17, 15) is 9.59 Å². The fraction of sp³-hybridized carbons (Fsp3) is 0.111. The van der Waals surface area contributed by atoms with Crippen molar-refractivity contribution in [2.24, 2.45) is 0 Å². The number of carbonyl (C=O) groups excluding carboxylic acids is 2. The molecular formula is C18H14Cl2N4O4S. The molecule has 0 radical (unpaired) electrons. The van der Waals surface area contributed by atoms with Gasteiger partial charge in [-0.25, -0.2) is 0 Å². The molecule has 2 amide bonds. The smallest absolute Gasteiger partial charge is 0.302 e. The standard InChI is InChI=1S/C18H14Cl2N4O4S/c1-8(25)21-10-3-4-13-14(7-10)28-17(22-13)24-18(29)23-16(26)9-5-11(19)15(27-2)12(20)6-9/h3-7H,1-2H3,(H,21,25)(H2,22,23,24,26,29). The largest absolute Gasteiger partial charge is 0.494 e. The van der Waals surface area contributed by atoms with E-state index in [2.05, 4.69) is 20.9 Å². The number of rotatable bonds is 4. The number of hydrogen-bond acceptors (Lipinski definition) is 6. The number of amides is 2. The molecular weight excluding hydrogens is 439 g/mol. The molecule has 0 saturated heterocycles. The Balaban J connectivity index is 1.70. The van der Waals surface area contributed by atoms with Crippen LogP contribution in [0.25, 0.3) is 11.1 Å². The SMILES string of the molecule is COc1c(Cl)cc(C(=O)NC(=S)Nc2nc3ccc(NC(C)=O)cc3o2)cc1Cl. The molecule has 2 aromatic carbocycles. The van der Waals surface area contributed by atoms with Crippen molar-refractivity contribution in [2.75, 3.05) is 17.7 Å². The summed E-state index contributed by atoms with van der Waals surface area (Å²) in [6.45, 7) is 1.40. The van der Waals surface area contributed by atoms with Crippen LogP contribution in [0.2, 0.25) is 10.0 Å². The van der Waals surface area contributed by atoms with Gasteiger partial charge in [-0.2, -0.15) is 4.98 Å². The summed E-state index contributed by atoms with van der Waals surface area (Å²) in [5.74, 6) is -0.460. The summed E-state index contributed by atoms with van der Waals surface area (Å²) >= 11 is 17.2. The number of fused-ring (bicyclic) bond motifs is 1. The third-order valence-corrected chi connectivity index (χ3v) is 4.39. The van der Waals surface area contributed by atoms with Gasteiger partial charge in [0, 0.05) is 24.2 Å². The topological polar surface area (TPSA) is 105 Å². The van der Waals surface area contributed by atoms with Crippen molar-refractivity contribution in [3.8, 4) is 5.75 Å². The Bertz CT molecular complexity index is 1110. The van der Waals surface area contributed by atoms with Gasteiger partial charge in [0.25, 0.3) is 5.91 Å². The Kier molecular flexibility index (Phi) is 6.21. The van der Waals surface area contributed by atoms with Crippen LogP contribution in [0, 0.1) is 0 Å². The minimum atomic E-state index is -0.530. The lowest BCUT2D eigenvalue weighted by Gasteiger charge is -2.10. The highest BCUT2D eigenvalue weighted by Gasteiger charge is 2.16. The Morgan fingerprint density at radius 2 is 1.83 bits per heavy atom. The molecule has 0 unspecified atom stereocenters. The molecule has 8 nitrogen and oxygen atoms in total. The fourth-order valence-corrected chi connectivity index (χ4v) is 3.27. The Hall–Kier alpha value is -2.88. The number of benzene rings is 2. The number of thiocarbonyl (C=S) groups is 1. The van der Waals surface area contributed by atoms with Crippen molar-refractivity contribution >= 4 is 75.1 Å². The normalized spacial score (nSPS) is 10.5. The molecule has 0 aliphatic carbocycles. The quantitative estimate of drug-likeness (QED) is 0.508. The number of hydrogen-bond donors (Lipinski definition) is 3. The number of oxazole rings is 1. The van der Waals surface area contributed by atoms with E-state index in [-0.39, 0.29) is 38.4 Å². The van der Waals surface area contributed by atoms with E-state index >= 15 is 0 Å². The van der Waals surface area contributed by atoms with Crippen LogP contribution >= 0.6 is 35.4 Å². The average molecular weight is 453 g/mol. The number of anilines is 2. The van der Waals surface area contributed by atoms with Crippen LogP contribution in [0.5, 0.6) is 5.75 Å². The van der Waals surface area contributed by atoms with Gasteiger partial charge < -0.3 is 14.5 Å². The zero-order valence-corrected chi connectivity index (χ0v) is 17.5. The molecule has 11 heteroatoms. The lowest BCUT2D eigenvalue weighted by atomic mass is 10.2. The maximum Gasteiger partial charge on any atom is 0.302 e. The first-order chi connectivity index (χ1) is 13.8. The summed E-state index contributed by atoms with van der Waals surface area (Å²) in [6.07, 6.45) is 0. The molecule has 0 bridgehead atoms. The van der Waals surface area contributed by atoms with E-state index < -0.39 is 5.91 Å². The minimum absolute atomic E-state index is 0.0355. The van der Waals surface area contributed by atoms with E-state index in [1.165, 1.54) is 26.2 Å². The van der Waals surface area contributed by atoms with Gasteiger partial charge in [0.15, 0.2) is 16.4 Å². The summed E-state index contributed by atoms with van der Waals surface area (Å²) in [6, 6.07) is 7.89. The van der Waals surface area contributed by atoms with E-state index in [0.717, 1.165) is 0 Å². The zero-order chi connectivity index (χ0) is 21.1. The maximum atomic E-state index is 12.4. The summed E-state index contributed by atoms with van der Waals surface area (Å²) in [7, 11) is 1.42. The third-order valence-electron chi connectivity index (χ3n) is 3.62. The number of halogens is 2. The van der Waals surface area contributed by atoms with Gasteiger partial charge in [0.2, 0.25) is 5.91 Å². The van der Waals surface area contributed by atoms with Crippen LogP contribution in [0.4, 0.5) is 11.7 Å². The van der Waals surface area contributed by atoms with E-state index in [1.54, 1.807) is 18.2 Å². The predicted molar refractivity (Wildman–Crippen MR) is 115 cm³/mol. The monoisotopic (exact) mass is 452 g/mol. The molecule has 0 aliphatic rings. The van der Waals surface area contributed by atoms with Gasteiger partial charge >= 0.3 is 6.01 Å². The molecule has 29 heavy (non-hydrogen) atoms. The molecule has 1 aromatic heterocycles. The predicted octanol–water partition coefficient (Wildman–Crippen LogP) is 4.23. The number of ether oxygens (including phenoxy) is 1. The zero-order valence-electron chi connectivity index (χ0n) is 15.1. The summed E-state index contributed by atoms with van der Waals surface area (Å²) in [5, 5.41) is 8.17. The second kappa shape index (κ2) is 8.64. The molecule has 0 fully saturated rings. The molecule has 0 atom stereocenters. The first-order valence-corrected chi connectivity index (χ1v) is 9.27. The molecule has 3 aromatic rings. The van der Waals surface area contributed by atoms with Gasteiger partial charge in [-0.15, -0.1) is 0 Å². The highest BCUT2D eigenvalue weighted by molar-refractivity contribution is 7.80. The second-order valence-corrected chi connectivity index (χ2v) is 6.99. The molecule has 150 valence electrons. The number of nitrogens with zero attached hydrogens (tertiary/aromatic N) is 1. The molecule has 0 aliphatic heterocycles. The molecule has 3 rings (SSSR count). The summed E-state index contributed by atoms with van der Waals surface area (Å²) < 4.78 is 10.6. The fourth-order valence-electron chi connectivity index (χ4n) is 2.45. The maximum absolute atomic E-state index is 12.4. The van der Waals surface area contributed by atoms with Crippen LogP contribution in [0.15, 0.2) is 34.7 Å². The molecule has 0 spiro atoms. The number of methoxy groups -OCH3 is 1. The summed E-state index contributed by atoms with van der Waals surface area (Å²) in [4.78, 5) is 27.7. The van der Waals surface area contributed by atoms with Gasteiger partial charge in [0.1, 0.15) is 5.52 Å². The number of aromatic nitrogens is 1. The number of carbonyl (C=O) groups is 2. The second-order valence-electron chi connectivity index (χ2n) is 5.76. The molecule has 0 saturated carbocycles. The number of nitrogens with one attached hydrogen (secondary N) is 3. The van der Waals surface area contributed by atoms with Crippen molar-refractivity contribution in [1.82, 2.24) is 10.3 Å². The van der Waals surface area contributed by atoms with Gasteiger partial charge in [0.05, 0.1) is 17.2 Å². The highest BCUT2D eigenvalue weighted by atomic mass is 35.5. The van der Waals surface area contributed by atoms with E-state index in [0.29, 0.717) is 16.8 Å². The lowest BCUT2D eigenvalue weighted by molar-refractivity contribution is -0.114. The molecule has 1 heterocycles. The van der Waals surface area contributed by atoms with Crippen LogP contribution < -0.4 is 20.7 Å². The van der Waals surface area contributed by atoms with Crippen molar-refractivity contribution in [3.05, 3.63) is 45.9 Å². The van der Waals surface area contributed by atoms with E-state index in [4.69, 9.17) is 44.6 Å². The van der Waals surface area contributed by atoms with Crippen molar-refractivity contribution in [3.63, 3.8) is 0 Å². The molecule has 3 N–H and O–H groups in total. The van der Waals surface area contributed by atoms with E-state index in [1.807, 2.05) is 0 Å². The Morgan fingerprint density at radius 1 is 1.14 bits per heavy atom. The first kappa shape index (κ1) is 20.8. The van der Waals surface area contributed by atoms with Crippen molar-refractivity contribution < 1.29 is 18.7 Å². The lowest BCUT2D eigenvalue weighted by Crippen LogP contribution is -2.34. The Morgan fingerprint density at radius 3 is 2.45 bits per heavy atom. The van der Waals surface area contributed by atoms with Crippen LogP contribution in [0.1, 0.15) is 17.3 Å².